The van der Waals surface area contributed by atoms with Crippen LogP contribution in [0.5, 0.6) is 0 Å². The monoisotopic (exact) mass is 274 g/mol. The zero-order chi connectivity index (χ0) is 13.5. The third-order valence-electron chi connectivity index (χ3n) is 3.77. The first-order chi connectivity index (χ1) is 9.83. The minimum absolute atomic E-state index is 1.30. The molecule has 1 heterocycles. The second-order valence-corrected chi connectivity index (χ2v) is 6.20. The summed E-state index contributed by atoms with van der Waals surface area (Å²) in [6, 6.07) is 24.1. The molecule has 96 valence electrons. The van der Waals surface area contributed by atoms with Gasteiger partial charge >= 0.3 is 0 Å². The van der Waals surface area contributed by atoms with Crippen LogP contribution in [0.1, 0.15) is 5.56 Å². The molecular weight excluding hydrogens is 260 g/mol. The summed E-state index contributed by atoms with van der Waals surface area (Å²) in [5.74, 6) is 0. The SMILES string of the molecule is Cc1ccc(-c2cccc3c2sc2ccccc23)cc1. The van der Waals surface area contributed by atoms with Crippen molar-refractivity contribution in [2.75, 3.05) is 0 Å². The minimum Gasteiger partial charge on any atom is -0.135 e. The Kier molecular flexibility index (Phi) is 2.61. The molecule has 20 heavy (non-hydrogen) atoms. The first-order valence-corrected chi connectivity index (χ1v) is 7.62. The third kappa shape index (κ3) is 1.75. The Morgan fingerprint density at radius 1 is 0.700 bits per heavy atom. The number of hydrogen-bond donors (Lipinski definition) is 0. The van der Waals surface area contributed by atoms with Gasteiger partial charge in [-0.25, -0.2) is 0 Å². The quantitative estimate of drug-likeness (QED) is 0.397. The molecule has 4 rings (SSSR count). The summed E-state index contributed by atoms with van der Waals surface area (Å²) in [6.45, 7) is 2.13. The van der Waals surface area contributed by atoms with Crippen LogP contribution < -0.4 is 0 Å². The zero-order valence-corrected chi connectivity index (χ0v) is 12.1. The fraction of sp³-hybridized carbons (Fsp3) is 0.0526. The molecule has 0 atom stereocenters. The van der Waals surface area contributed by atoms with Gasteiger partial charge < -0.3 is 0 Å². The van der Waals surface area contributed by atoms with Crippen molar-refractivity contribution in [3.8, 4) is 11.1 Å². The van der Waals surface area contributed by atoms with Crippen LogP contribution in [0.4, 0.5) is 0 Å². The molecule has 4 aromatic rings. The molecule has 0 bridgehead atoms. The average Bonchev–Trinajstić information content (AvgIpc) is 2.87. The van der Waals surface area contributed by atoms with Crippen LogP contribution in [-0.4, -0.2) is 0 Å². The van der Waals surface area contributed by atoms with Gasteiger partial charge in [0, 0.05) is 20.2 Å². The maximum Gasteiger partial charge on any atom is 0.0433 e. The lowest BCUT2D eigenvalue weighted by atomic mass is 10.0. The van der Waals surface area contributed by atoms with Crippen LogP contribution in [0.25, 0.3) is 31.3 Å². The molecule has 3 aromatic carbocycles. The number of hydrogen-bond acceptors (Lipinski definition) is 1. The molecule has 0 N–H and O–H groups in total. The van der Waals surface area contributed by atoms with Gasteiger partial charge in [-0.1, -0.05) is 66.2 Å². The second kappa shape index (κ2) is 4.46. The molecule has 0 aliphatic rings. The minimum atomic E-state index is 1.30. The van der Waals surface area contributed by atoms with E-state index in [1.807, 2.05) is 11.3 Å². The highest BCUT2D eigenvalue weighted by atomic mass is 32.1. The molecule has 1 heteroatoms. The van der Waals surface area contributed by atoms with Gasteiger partial charge in [0.1, 0.15) is 0 Å². The molecule has 0 nitrogen and oxygen atoms in total. The van der Waals surface area contributed by atoms with Gasteiger partial charge in [0.05, 0.1) is 0 Å². The third-order valence-corrected chi connectivity index (χ3v) is 4.99. The number of aryl methyl sites for hydroxylation is 1. The molecule has 0 saturated heterocycles. The summed E-state index contributed by atoms with van der Waals surface area (Å²) in [6.07, 6.45) is 0. The van der Waals surface area contributed by atoms with Gasteiger partial charge in [-0.3, -0.25) is 0 Å². The predicted octanol–water partition coefficient (Wildman–Crippen LogP) is 6.03. The number of fused-ring (bicyclic) bond motifs is 3. The Balaban J connectivity index is 2.07. The van der Waals surface area contributed by atoms with E-state index in [9.17, 15) is 0 Å². The molecular formula is C19H14S. The summed E-state index contributed by atoms with van der Waals surface area (Å²) in [5.41, 5.74) is 3.94. The van der Waals surface area contributed by atoms with Crippen molar-refractivity contribution in [1.29, 1.82) is 0 Å². The summed E-state index contributed by atoms with van der Waals surface area (Å²) in [4.78, 5) is 0. The van der Waals surface area contributed by atoms with Crippen LogP contribution in [0, 0.1) is 6.92 Å². The van der Waals surface area contributed by atoms with E-state index in [0.29, 0.717) is 0 Å². The van der Waals surface area contributed by atoms with Gasteiger partial charge in [0.2, 0.25) is 0 Å². The molecule has 0 unspecified atom stereocenters. The van der Waals surface area contributed by atoms with Crippen LogP contribution >= 0.6 is 11.3 Å². The maximum absolute atomic E-state index is 2.23. The second-order valence-electron chi connectivity index (χ2n) is 5.15. The Hall–Kier alpha value is -2.12. The Bertz CT molecular complexity index is 898. The highest BCUT2D eigenvalue weighted by molar-refractivity contribution is 7.26. The first kappa shape index (κ1) is 11.7. The lowest BCUT2D eigenvalue weighted by molar-refractivity contribution is 1.47. The van der Waals surface area contributed by atoms with E-state index in [0.717, 1.165) is 0 Å². The standard InChI is InChI=1S/C19H14S/c1-13-9-11-14(12-10-13)15-6-4-7-17-16-5-2-3-8-18(16)20-19(15)17/h2-12H,1H3. The molecule has 0 aliphatic heterocycles. The molecule has 0 saturated carbocycles. The van der Waals surface area contributed by atoms with Crippen molar-refractivity contribution in [1.82, 2.24) is 0 Å². The fourth-order valence-electron chi connectivity index (χ4n) is 2.71. The lowest BCUT2D eigenvalue weighted by Crippen LogP contribution is -1.78. The van der Waals surface area contributed by atoms with Crippen LogP contribution in [-0.2, 0) is 0 Å². The Morgan fingerprint density at radius 2 is 1.45 bits per heavy atom. The smallest absolute Gasteiger partial charge is 0.0433 e. The topological polar surface area (TPSA) is 0 Å². The lowest BCUT2D eigenvalue weighted by Gasteiger charge is -2.04. The van der Waals surface area contributed by atoms with Crippen molar-refractivity contribution in [2.45, 2.75) is 6.92 Å². The van der Waals surface area contributed by atoms with Gasteiger partial charge in [0.15, 0.2) is 0 Å². The van der Waals surface area contributed by atoms with Crippen LogP contribution in [0.15, 0.2) is 66.7 Å². The Morgan fingerprint density at radius 3 is 2.30 bits per heavy atom. The van der Waals surface area contributed by atoms with Gasteiger partial charge in [-0.2, -0.15) is 0 Å². The summed E-state index contributed by atoms with van der Waals surface area (Å²) >= 11 is 1.89. The van der Waals surface area contributed by atoms with Crippen LogP contribution in [0.2, 0.25) is 0 Å². The average molecular weight is 274 g/mol. The zero-order valence-electron chi connectivity index (χ0n) is 11.3. The Labute approximate surface area is 122 Å². The molecule has 0 spiro atoms. The molecule has 1 aromatic heterocycles. The van der Waals surface area contributed by atoms with Gasteiger partial charge in [-0.05, 0) is 24.1 Å². The number of benzene rings is 3. The largest absolute Gasteiger partial charge is 0.135 e. The maximum atomic E-state index is 2.23. The number of thiophene rings is 1. The van der Waals surface area contributed by atoms with E-state index in [1.54, 1.807) is 0 Å². The fourth-order valence-corrected chi connectivity index (χ4v) is 3.95. The normalized spacial score (nSPS) is 11.2. The first-order valence-electron chi connectivity index (χ1n) is 6.80. The summed E-state index contributed by atoms with van der Waals surface area (Å²) < 4.78 is 2.75. The van der Waals surface area contributed by atoms with E-state index in [-0.39, 0.29) is 0 Å². The molecule has 0 amide bonds. The molecule has 0 fully saturated rings. The highest BCUT2D eigenvalue weighted by Crippen LogP contribution is 2.39. The van der Waals surface area contributed by atoms with E-state index < -0.39 is 0 Å². The highest BCUT2D eigenvalue weighted by Gasteiger charge is 2.09. The van der Waals surface area contributed by atoms with E-state index in [1.165, 1.54) is 36.9 Å². The van der Waals surface area contributed by atoms with Gasteiger partial charge in [-0.15, -0.1) is 11.3 Å². The van der Waals surface area contributed by atoms with Crippen molar-refractivity contribution in [3.63, 3.8) is 0 Å². The van der Waals surface area contributed by atoms with Crippen molar-refractivity contribution in [3.05, 3.63) is 72.3 Å². The molecule has 0 radical (unpaired) electrons. The van der Waals surface area contributed by atoms with E-state index >= 15 is 0 Å². The van der Waals surface area contributed by atoms with Gasteiger partial charge in [0.25, 0.3) is 0 Å². The van der Waals surface area contributed by atoms with Crippen molar-refractivity contribution < 1.29 is 0 Å². The number of rotatable bonds is 1. The van der Waals surface area contributed by atoms with Crippen molar-refractivity contribution >= 4 is 31.5 Å². The summed E-state index contributed by atoms with van der Waals surface area (Å²) in [7, 11) is 0. The van der Waals surface area contributed by atoms with E-state index in [2.05, 4.69) is 73.7 Å². The van der Waals surface area contributed by atoms with E-state index in [4.69, 9.17) is 0 Å². The van der Waals surface area contributed by atoms with Crippen LogP contribution in [0.3, 0.4) is 0 Å². The molecule has 0 aliphatic carbocycles. The van der Waals surface area contributed by atoms with Crippen molar-refractivity contribution in [2.24, 2.45) is 0 Å². The predicted molar refractivity (Wildman–Crippen MR) is 89.5 cm³/mol. The summed E-state index contributed by atoms with van der Waals surface area (Å²) in [5, 5.41) is 2.73.